The number of benzene rings is 1. The normalized spacial score (nSPS) is 13.5. The van der Waals surface area contributed by atoms with Gasteiger partial charge in [0.1, 0.15) is 0 Å². The van der Waals surface area contributed by atoms with E-state index in [1.54, 1.807) is 6.07 Å². The maximum absolute atomic E-state index is 13.0. The van der Waals surface area contributed by atoms with Gasteiger partial charge in [-0.25, -0.2) is 5.43 Å². The SMILES string of the molecule is Cc1cscc1C(NN)c1ccccc1C(F)(F)F. The zero-order chi connectivity index (χ0) is 14.0. The average Bonchev–Trinajstić information content (AvgIpc) is 2.76. The summed E-state index contributed by atoms with van der Waals surface area (Å²) >= 11 is 1.44. The molecule has 0 radical (unpaired) electrons. The minimum Gasteiger partial charge on any atom is -0.271 e. The maximum Gasteiger partial charge on any atom is 0.416 e. The van der Waals surface area contributed by atoms with Crippen molar-refractivity contribution in [3.63, 3.8) is 0 Å². The molecule has 1 heterocycles. The van der Waals surface area contributed by atoms with Gasteiger partial charge in [0.2, 0.25) is 0 Å². The van der Waals surface area contributed by atoms with Gasteiger partial charge in [-0.2, -0.15) is 24.5 Å². The van der Waals surface area contributed by atoms with Crippen LogP contribution in [0.1, 0.15) is 28.3 Å². The molecule has 0 aliphatic heterocycles. The molecule has 0 amide bonds. The fourth-order valence-electron chi connectivity index (χ4n) is 2.02. The van der Waals surface area contributed by atoms with Gasteiger partial charge in [-0.05, 0) is 40.4 Å². The zero-order valence-electron chi connectivity index (χ0n) is 10.2. The molecule has 0 bridgehead atoms. The van der Waals surface area contributed by atoms with Crippen LogP contribution in [0.3, 0.4) is 0 Å². The van der Waals surface area contributed by atoms with E-state index in [4.69, 9.17) is 5.84 Å². The minimum absolute atomic E-state index is 0.138. The van der Waals surface area contributed by atoms with Crippen molar-refractivity contribution in [2.45, 2.75) is 19.1 Å². The Balaban J connectivity index is 2.54. The van der Waals surface area contributed by atoms with Gasteiger partial charge >= 0.3 is 6.18 Å². The molecule has 0 aliphatic rings. The number of nitrogens with one attached hydrogen (secondary N) is 1. The molecule has 2 nitrogen and oxygen atoms in total. The van der Waals surface area contributed by atoms with E-state index in [9.17, 15) is 13.2 Å². The molecule has 1 aromatic heterocycles. The smallest absolute Gasteiger partial charge is 0.271 e. The van der Waals surface area contributed by atoms with Crippen LogP contribution in [0.4, 0.5) is 13.2 Å². The summed E-state index contributed by atoms with van der Waals surface area (Å²) in [6.45, 7) is 1.85. The Hall–Kier alpha value is -1.37. The Kier molecular flexibility index (Phi) is 3.93. The van der Waals surface area contributed by atoms with Crippen LogP contribution in [0.15, 0.2) is 35.0 Å². The molecule has 1 atom stereocenters. The summed E-state index contributed by atoms with van der Waals surface area (Å²) in [5, 5.41) is 3.70. The van der Waals surface area contributed by atoms with Gasteiger partial charge in [-0.3, -0.25) is 5.84 Å². The first-order chi connectivity index (χ1) is 8.95. The molecule has 19 heavy (non-hydrogen) atoms. The highest BCUT2D eigenvalue weighted by atomic mass is 32.1. The fraction of sp³-hybridized carbons (Fsp3) is 0.231. The summed E-state index contributed by atoms with van der Waals surface area (Å²) in [6.07, 6.45) is -4.39. The summed E-state index contributed by atoms with van der Waals surface area (Å²) in [4.78, 5) is 0. The predicted molar refractivity (Wildman–Crippen MR) is 69.7 cm³/mol. The zero-order valence-corrected chi connectivity index (χ0v) is 11.0. The lowest BCUT2D eigenvalue weighted by Gasteiger charge is -2.21. The molecule has 2 aromatic rings. The number of halogens is 3. The Morgan fingerprint density at radius 2 is 1.84 bits per heavy atom. The molecular weight excluding hydrogens is 273 g/mol. The molecule has 3 N–H and O–H groups in total. The molecule has 1 unspecified atom stereocenters. The van der Waals surface area contributed by atoms with Crippen LogP contribution in [0.2, 0.25) is 0 Å². The van der Waals surface area contributed by atoms with Crippen molar-refractivity contribution in [1.82, 2.24) is 5.43 Å². The van der Waals surface area contributed by atoms with Crippen molar-refractivity contribution < 1.29 is 13.2 Å². The third kappa shape index (κ3) is 2.80. The second-order valence-corrected chi connectivity index (χ2v) is 4.94. The standard InChI is InChI=1S/C13H13F3N2S/c1-8-6-19-7-10(8)12(18-17)9-4-2-3-5-11(9)13(14,15)16/h2-7,12,18H,17H2,1H3. The highest BCUT2D eigenvalue weighted by Gasteiger charge is 2.35. The first kappa shape index (κ1) is 14.0. The monoisotopic (exact) mass is 286 g/mol. The van der Waals surface area contributed by atoms with Gasteiger partial charge in [0, 0.05) is 0 Å². The minimum atomic E-state index is -4.39. The van der Waals surface area contributed by atoms with Gasteiger partial charge in [-0.15, -0.1) is 0 Å². The van der Waals surface area contributed by atoms with Crippen molar-refractivity contribution in [2.75, 3.05) is 0 Å². The number of hydrogen-bond acceptors (Lipinski definition) is 3. The van der Waals surface area contributed by atoms with Crippen molar-refractivity contribution in [3.05, 3.63) is 57.3 Å². The Morgan fingerprint density at radius 1 is 1.16 bits per heavy atom. The molecule has 0 spiro atoms. The molecule has 0 fully saturated rings. The van der Waals surface area contributed by atoms with Gasteiger partial charge in [0.15, 0.2) is 0 Å². The molecular formula is C13H13F3N2S. The number of rotatable bonds is 3. The lowest BCUT2D eigenvalue weighted by molar-refractivity contribution is -0.138. The molecule has 0 saturated heterocycles. The van der Waals surface area contributed by atoms with Crippen LogP contribution < -0.4 is 11.3 Å². The number of hydrazine groups is 1. The van der Waals surface area contributed by atoms with Crippen molar-refractivity contribution in [1.29, 1.82) is 0 Å². The van der Waals surface area contributed by atoms with Crippen molar-refractivity contribution in [2.24, 2.45) is 5.84 Å². The van der Waals surface area contributed by atoms with E-state index in [1.165, 1.54) is 23.5 Å². The van der Waals surface area contributed by atoms with Crippen LogP contribution in [0.25, 0.3) is 0 Å². The van der Waals surface area contributed by atoms with Crippen molar-refractivity contribution >= 4 is 11.3 Å². The molecule has 0 saturated carbocycles. The van der Waals surface area contributed by atoms with E-state index in [0.717, 1.165) is 17.2 Å². The van der Waals surface area contributed by atoms with Crippen LogP contribution >= 0.6 is 11.3 Å². The van der Waals surface area contributed by atoms with Crippen LogP contribution in [0, 0.1) is 6.92 Å². The third-order valence-electron chi connectivity index (χ3n) is 2.95. The Bertz CT molecular complexity index is 563. The maximum atomic E-state index is 13.0. The second-order valence-electron chi connectivity index (χ2n) is 4.19. The number of alkyl halides is 3. The summed E-state index contributed by atoms with van der Waals surface area (Å²) in [5.41, 5.74) is 3.64. The first-order valence-electron chi connectivity index (χ1n) is 5.60. The van der Waals surface area contributed by atoms with E-state index in [0.29, 0.717) is 0 Å². The topological polar surface area (TPSA) is 38.0 Å². The number of nitrogens with two attached hydrogens (primary N) is 1. The van der Waals surface area contributed by atoms with Gasteiger partial charge in [0.25, 0.3) is 0 Å². The largest absolute Gasteiger partial charge is 0.416 e. The predicted octanol–water partition coefficient (Wildman–Crippen LogP) is 3.63. The van der Waals surface area contributed by atoms with Gasteiger partial charge in [-0.1, -0.05) is 18.2 Å². The van der Waals surface area contributed by atoms with E-state index in [2.05, 4.69) is 5.43 Å². The van der Waals surface area contributed by atoms with Gasteiger partial charge in [0.05, 0.1) is 11.6 Å². The summed E-state index contributed by atoms with van der Waals surface area (Å²) in [5.74, 6) is 5.46. The lowest BCUT2D eigenvalue weighted by atomic mass is 9.94. The van der Waals surface area contributed by atoms with Crippen LogP contribution in [-0.4, -0.2) is 0 Å². The van der Waals surface area contributed by atoms with E-state index in [1.807, 2.05) is 17.7 Å². The lowest BCUT2D eigenvalue weighted by Crippen LogP contribution is -2.30. The van der Waals surface area contributed by atoms with Gasteiger partial charge < -0.3 is 0 Å². The molecule has 1 aromatic carbocycles. The quantitative estimate of drug-likeness (QED) is 0.668. The highest BCUT2D eigenvalue weighted by molar-refractivity contribution is 7.08. The summed E-state index contributed by atoms with van der Waals surface area (Å²) in [6, 6.07) is 4.81. The third-order valence-corrected chi connectivity index (χ3v) is 3.83. The summed E-state index contributed by atoms with van der Waals surface area (Å²) < 4.78 is 39.1. The second kappa shape index (κ2) is 5.32. The van der Waals surface area contributed by atoms with Crippen LogP contribution in [0.5, 0.6) is 0 Å². The fourth-order valence-corrected chi connectivity index (χ4v) is 2.90. The summed E-state index contributed by atoms with van der Waals surface area (Å²) in [7, 11) is 0. The van der Waals surface area contributed by atoms with Crippen LogP contribution in [-0.2, 0) is 6.18 Å². The highest BCUT2D eigenvalue weighted by Crippen LogP contribution is 2.37. The Morgan fingerprint density at radius 3 is 2.37 bits per heavy atom. The van der Waals surface area contributed by atoms with Crippen molar-refractivity contribution in [3.8, 4) is 0 Å². The number of aryl methyl sites for hydroxylation is 1. The molecule has 0 aliphatic carbocycles. The molecule has 102 valence electrons. The van der Waals surface area contributed by atoms with E-state index >= 15 is 0 Å². The molecule has 2 rings (SSSR count). The number of thiophene rings is 1. The number of hydrogen-bond donors (Lipinski definition) is 2. The Labute approximate surface area is 113 Å². The van der Waals surface area contributed by atoms with E-state index in [-0.39, 0.29) is 5.56 Å². The van der Waals surface area contributed by atoms with E-state index < -0.39 is 17.8 Å². The molecule has 6 heteroatoms. The first-order valence-corrected chi connectivity index (χ1v) is 6.54. The average molecular weight is 286 g/mol.